The number of nitrogens with zero attached hydrogens (tertiary/aromatic N) is 1. The van der Waals surface area contributed by atoms with Crippen LogP contribution in [-0.2, 0) is 6.42 Å². The van der Waals surface area contributed by atoms with Gasteiger partial charge in [-0.05, 0) is 61.7 Å². The average Bonchev–Trinajstić information content (AvgIpc) is 2.51. The summed E-state index contributed by atoms with van der Waals surface area (Å²) in [6, 6.07) is 10.9. The minimum atomic E-state index is 0.269. The molecule has 3 rings (SSSR count). The SMILES string of the molecule is CNC(c1cc(Br)ccc1Br)C1CCCc2cccnc21. The van der Waals surface area contributed by atoms with Crippen LogP contribution in [0.3, 0.4) is 0 Å². The van der Waals surface area contributed by atoms with Crippen LogP contribution in [0.2, 0.25) is 0 Å². The molecule has 1 aliphatic carbocycles. The van der Waals surface area contributed by atoms with Crippen molar-refractivity contribution in [2.75, 3.05) is 7.05 Å². The summed E-state index contributed by atoms with van der Waals surface area (Å²) in [4.78, 5) is 4.68. The highest BCUT2D eigenvalue weighted by molar-refractivity contribution is 9.11. The van der Waals surface area contributed by atoms with E-state index in [-0.39, 0.29) is 6.04 Å². The lowest BCUT2D eigenvalue weighted by Crippen LogP contribution is -2.27. The first kappa shape index (κ1) is 15.2. The van der Waals surface area contributed by atoms with Crippen molar-refractivity contribution in [3.63, 3.8) is 0 Å². The molecule has 0 bridgehead atoms. The van der Waals surface area contributed by atoms with Crippen molar-refractivity contribution in [2.45, 2.75) is 31.2 Å². The second kappa shape index (κ2) is 6.59. The third-order valence-corrected chi connectivity index (χ3v) is 5.46. The minimum Gasteiger partial charge on any atom is -0.312 e. The Hall–Kier alpha value is -0.710. The number of aryl methyl sites for hydroxylation is 1. The van der Waals surface area contributed by atoms with Crippen molar-refractivity contribution < 1.29 is 0 Å². The van der Waals surface area contributed by atoms with Crippen LogP contribution in [-0.4, -0.2) is 12.0 Å². The Labute approximate surface area is 142 Å². The van der Waals surface area contributed by atoms with Gasteiger partial charge in [0.05, 0.1) is 0 Å². The summed E-state index contributed by atoms with van der Waals surface area (Å²) in [5, 5.41) is 3.51. The third-order valence-electron chi connectivity index (χ3n) is 4.25. The second-order valence-corrected chi connectivity index (χ2v) is 7.25. The van der Waals surface area contributed by atoms with Crippen molar-refractivity contribution in [2.24, 2.45) is 0 Å². The standard InChI is InChI=1S/C17H18Br2N2/c1-20-17(14-10-12(18)7-8-15(14)19)13-6-2-4-11-5-3-9-21-16(11)13/h3,5,7-10,13,17,20H,2,4,6H2,1H3. The zero-order valence-electron chi connectivity index (χ0n) is 11.9. The zero-order valence-corrected chi connectivity index (χ0v) is 15.1. The summed E-state index contributed by atoms with van der Waals surface area (Å²) in [6.07, 6.45) is 5.47. The van der Waals surface area contributed by atoms with E-state index >= 15 is 0 Å². The number of hydrogen-bond donors (Lipinski definition) is 1. The molecular weight excluding hydrogens is 392 g/mol. The van der Waals surface area contributed by atoms with Gasteiger partial charge in [-0.2, -0.15) is 0 Å². The molecule has 1 aliphatic rings. The lowest BCUT2D eigenvalue weighted by molar-refractivity contribution is 0.414. The Morgan fingerprint density at radius 1 is 1.29 bits per heavy atom. The number of nitrogens with one attached hydrogen (secondary N) is 1. The Balaban J connectivity index is 2.03. The van der Waals surface area contributed by atoms with Gasteiger partial charge in [0.1, 0.15) is 0 Å². The van der Waals surface area contributed by atoms with Crippen LogP contribution in [0, 0.1) is 0 Å². The monoisotopic (exact) mass is 408 g/mol. The van der Waals surface area contributed by atoms with E-state index in [0.717, 1.165) is 15.4 Å². The maximum Gasteiger partial charge on any atom is 0.0485 e. The van der Waals surface area contributed by atoms with Crippen molar-refractivity contribution in [1.82, 2.24) is 10.3 Å². The number of benzene rings is 1. The van der Waals surface area contributed by atoms with Gasteiger partial charge in [-0.3, -0.25) is 4.98 Å². The van der Waals surface area contributed by atoms with E-state index < -0.39 is 0 Å². The predicted molar refractivity (Wildman–Crippen MR) is 93.6 cm³/mol. The first-order valence-electron chi connectivity index (χ1n) is 7.26. The van der Waals surface area contributed by atoms with Gasteiger partial charge in [-0.25, -0.2) is 0 Å². The van der Waals surface area contributed by atoms with Crippen LogP contribution in [0.5, 0.6) is 0 Å². The Kier molecular flexibility index (Phi) is 4.77. The van der Waals surface area contributed by atoms with Crippen molar-refractivity contribution >= 4 is 31.9 Å². The Bertz CT molecular complexity index is 642. The number of likely N-dealkylation sites (N-methyl/N-ethyl adjacent to an activating group) is 1. The zero-order chi connectivity index (χ0) is 14.8. The fraction of sp³-hybridized carbons (Fsp3) is 0.353. The van der Waals surface area contributed by atoms with Crippen LogP contribution in [0.4, 0.5) is 0 Å². The predicted octanol–water partition coefficient (Wildman–Crippen LogP) is 4.99. The van der Waals surface area contributed by atoms with E-state index in [1.165, 1.54) is 29.7 Å². The Morgan fingerprint density at radius 3 is 2.95 bits per heavy atom. The third kappa shape index (κ3) is 3.08. The first-order valence-corrected chi connectivity index (χ1v) is 8.85. The van der Waals surface area contributed by atoms with E-state index in [9.17, 15) is 0 Å². The molecule has 2 atom stereocenters. The molecule has 1 aromatic carbocycles. The average molecular weight is 410 g/mol. The molecule has 0 amide bonds. The lowest BCUT2D eigenvalue weighted by Gasteiger charge is -2.32. The fourth-order valence-corrected chi connectivity index (χ4v) is 4.17. The molecule has 2 aromatic rings. The number of pyridine rings is 1. The molecule has 0 saturated carbocycles. The smallest absolute Gasteiger partial charge is 0.0485 e. The second-order valence-electron chi connectivity index (χ2n) is 5.48. The number of halogens is 2. The molecule has 0 saturated heterocycles. The van der Waals surface area contributed by atoms with E-state index in [0.29, 0.717) is 5.92 Å². The minimum absolute atomic E-state index is 0.269. The largest absolute Gasteiger partial charge is 0.312 e. The maximum atomic E-state index is 4.68. The molecule has 2 nitrogen and oxygen atoms in total. The highest BCUT2D eigenvalue weighted by atomic mass is 79.9. The van der Waals surface area contributed by atoms with Gasteiger partial charge < -0.3 is 5.32 Å². The molecule has 1 aromatic heterocycles. The van der Waals surface area contributed by atoms with Crippen LogP contribution >= 0.6 is 31.9 Å². The maximum absolute atomic E-state index is 4.68. The van der Waals surface area contributed by atoms with Crippen LogP contribution < -0.4 is 5.32 Å². The molecule has 0 fully saturated rings. The van der Waals surface area contributed by atoms with Gasteiger partial charge in [0.25, 0.3) is 0 Å². The highest BCUT2D eigenvalue weighted by Crippen LogP contribution is 2.41. The molecular formula is C17H18Br2N2. The summed E-state index contributed by atoms with van der Waals surface area (Å²) in [5.74, 6) is 0.422. The topological polar surface area (TPSA) is 24.9 Å². The van der Waals surface area contributed by atoms with E-state index in [4.69, 9.17) is 0 Å². The normalized spacial score (nSPS) is 19.1. The van der Waals surface area contributed by atoms with Crippen LogP contribution in [0.1, 0.15) is 41.6 Å². The summed E-state index contributed by atoms with van der Waals surface area (Å²) >= 11 is 7.28. The molecule has 1 N–H and O–H groups in total. The fourth-order valence-electron chi connectivity index (χ4n) is 3.30. The summed E-state index contributed by atoms with van der Waals surface area (Å²) in [7, 11) is 2.04. The van der Waals surface area contributed by atoms with Crippen molar-refractivity contribution in [3.05, 3.63) is 62.3 Å². The van der Waals surface area contributed by atoms with E-state index in [1.807, 2.05) is 19.3 Å². The molecule has 1 heterocycles. The van der Waals surface area contributed by atoms with Gasteiger partial charge in [0.15, 0.2) is 0 Å². The molecule has 21 heavy (non-hydrogen) atoms. The number of hydrogen-bond acceptors (Lipinski definition) is 2. The number of fused-ring (bicyclic) bond motifs is 1. The van der Waals surface area contributed by atoms with Gasteiger partial charge in [0, 0.05) is 32.8 Å². The van der Waals surface area contributed by atoms with E-state index in [2.05, 4.69) is 66.4 Å². The Morgan fingerprint density at radius 2 is 2.14 bits per heavy atom. The highest BCUT2D eigenvalue weighted by Gasteiger charge is 2.30. The van der Waals surface area contributed by atoms with Gasteiger partial charge in [-0.1, -0.05) is 37.9 Å². The summed E-state index contributed by atoms with van der Waals surface area (Å²) in [6.45, 7) is 0. The molecule has 110 valence electrons. The molecule has 0 aliphatic heterocycles. The van der Waals surface area contributed by atoms with Gasteiger partial charge in [0.2, 0.25) is 0 Å². The molecule has 2 unspecified atom stereocenters. The van der Waals surface area contributed by atoms with Crippen LogP contribution in [0.25, 0.3) is 0 Å². The van der Waals surface area contributed by atoms with Gasteiger partial charge in [-0.15, -0.1) is 0 Å². The van der Waals surface area contributed by atoms with E-state index in [1.54, 1.807) is 0 Å². The van der Waals surface area contributed by atoms with Crippen molar-refractivity contribution in [3.8, 4) is 0 Å². The van der Waals surface area contributed by atoms with Gasteiger partial charge >= 0.3 is 0 Å². The molecule has 0 spiro atoms. The lowest BCUT2D eigenvalue weighted by atomic mass is 9.79. The molecule has 0 radical (unpaired) electrons. The molecule has 4 heteroatoms. The number of rotatable bonds is 3. The van der Waals surface area contributed by atoms with Crippen LogP contribution in [0.15, 0.2) is 45.5 Å². The summed E-state index contributed by atoms with van der Waals surface area (Å²) in [5.41, 5.74) is 3.95. The first-order chi connectivity index (χ1) is 10.2. The summed E-state index contributed by atoms with van der Waals surface area (Å²) < 4.78 is 2.26. The quantitative estimate of drug-likeness (QED) is 0.772. The van der Waals surface area contributed by atoms with Crippen molar-refractivity contribution in [1.29, 1.82) is 0 Å². The number of aromatic nitrogens is 1.